The van der Waals surface area contributed by atoms with E-state index < -0.39 is 0 Å². The minimum atomic E-state index is -0.361. The smallest absolute Gasteiger partial charge is 0.261 e. The highest BCUT2D eigenvalue weighted by Crippen LogP contribution is 2.20. The van der Waals surface area contributed by atoms with Gasteiger partial charge in [-0.05, 0) is 44.8 Å². The van der Waals surface area contributed by atoms with Gasteiger partial charge >= 0.3 is 0 Å². The quantitative estimate of drug-likeness (QED) is 0.568. The number of likely N-dealkylation sites (N-methyl/N-ethyl adjacent to an activating group) is 1. The molecule has 0 radical (unpaired) electrons. The molecule has 3 aromatic rings. The summed E-state index contributed by atoms with van der Waals surface area (Å²) in [6, 6.07) is 16.6. The number of rotatable bonds is 7. The Bertz CT molecular complexity index is 1100. The molecule has 1 aromatic heterocycles. The Hall–Kier alpha value is -3.25. The first kappa shape index (κ1) is 21.5. The number of hydrogen-bond acceptors (Lipinski definition) is 4. The molecule has 0 N–H and O–H groups in total. The molecule has 0 aliphatic rings. The second-order valence-electron chi connectivity index (χ2n) is 7.61. The van der Waals surface area contributed by atoms with Gasteiger partial charge in [0.15, 0.2) is 0 Å². The zero-order valence-corrected chi connectivity index (χ0v) is 17.9. The van der Waals surface area contributed by atoms with Gasteiger partial charge in [0.05, 0.1) is 16.9 Å². The van der Waals surface area contributed by atoms with Gasteiger partial charge in [-0.25, -0.2) is 4.98 Å². The topological polar surface area (TPSA) is 58.4 Å². The molecule has 0 aliphatic carbocycles. The standard InChI is InChI=1S/C24H28N4O2/c1-18(23-25-21-13-9-8-12-20(21)24(30)27(23)4)28(17-16-26(2)3)22(29)15-14-19-10-6-5-7-11-19/h5-15,18H,16-17H2,1-4H3/b15-14+. The lowest BCUT2D eigenvalue weighted by Crippen LogP contribution is -2.40. The summed E-state index contributed by atoms with van der Waals surface area (Å²) in [5.41, 5.74) is 1.49. The molecule has 156 valence electrons. The number of amides is 1. The Morgan fingerprint density at radius 3 is 2.43 bits per heavy atom. The van der Waals surface area contributed by atoms with Crippen molar-refractivity contribution in [3.8, 4) is 0 Å². The Morgan fingerprint density at radius 2 is 1.73 bits per heavy atom. The average molecular weight is 405 g/mol. The largest absolute Gasteiger partial charge is 0.328 e. The monoisotopic (exact) mass is 404 g/mol. The normalized spacial score (nSPS) is 12.6. The Labute approximate surface area is 177 Å². The van der Waals surface area contributed by atoms with Crippen molar-refractivity contribution in [1.82, 2.24) is 19.4 Å². The predicted octanol–water partition coefficient (Wildman–Crippen LogP) is 3.10. The van der Waals surface area contributed by atoms with Crippen LogP contribution in [0.25, 0.3) is 17.0 Å². The van der Waals surface area contributed by atoms with Crippen molar-refractivity contribution in [2.24, 2.45) is 7.05 Å². The highest BCUT2D eigenvalue weighted by molar-refractivity contribution is 5.92. The van der Waals surface area contributed by atoms with Crippen LogP contribution in [0.5, 0.6) is 0 Å². The van der Waals surface area contributed by atoms with Crippen molar-refractivity contribution >= 4 is 22.9 Å². The zero-order chi connectivity index (χ0) is 21.7. The molecule has 1 heterocycles. The van der Waals surface area contributed by atoms with E-state index in [1.165, 1.54) is 0 Å². The van der Waals surface area contributed by atoms with Crippen LogP contribution in [0.15, 0.2) is 65.5 Å². The number of carbonyl (C=O) groups is 1. The molecule has 2 aromatic carbocycles. The lowest BCUT2D eigenvalue weighted by molar-refractivity contribution is -0.128. The molecule has 1 atom stereocenters. The zero-order valence-electron chi connectivity index (χ0n) is 17.9. The number of nitrogens with zero attached hydrogens (tertiary/aromatic N) is 4. The first-order valence-electron chi connectivity index (χ1n) is 10.0. The number of benzene rings is 2. The predicted molar refractivity (Wildman–Crippen MR) is 121 cm³/mol. The molecule has 30 heavy (non-hydrogen) atoms. The maximum atomic E-state index is 13.1. The number of fused-ring (bicyclic) bond motifs is 1. The maximum absolute atomic E-state index is 13.1. The molecule has 6 heteroatoms. The van der Waals surface area contributed by atoms with Crippen LogP contribution < -0.4 is 5.56 Å². The van der Waals surface area contributed by atoms with Gasteiger partial charge in [0, 0.05) is 26.2 Å². The minimum Gasteiger partial charge on any atom is -0.328 e. The van der Waals surface area contributed by atoms with E-state index in [0.717, 1.165) is 5.56 Å². The van der Waals surface area contributed by atoms with Crippen LogP contribution >= 0.6 is 0 Å². The van der Waals surface area contributed by atoms with Crippen LogP contribution in [0.1, 0.15) is 24.4 Å². The molecule has 6 nitrogen and oxygen atoms in total. The summed E-state index contributed by atoms with van der Waals surface area (Å²) in [6.07, 6.45) is 3.39. The fourth-order valence-electron chi connectivity index (χ4n) is 3.38. The Morgan fingerprint density at radius 1 is 1.07 bits per heavy atom. The summed E-state index contributed by atoms with van der Waals surface area (Å²) in [6.45, 7) is 3.14. The first-order chi connectivity index (χ1) is 14.4. The number of carbonyl (C=O) groups excluding carboxylic acids is 1. The van der Waals surface area contributed by atoms with Crippen molar-refractivity contribution in [2.75, 3.05) is 27.2 Å². The fraction of sp³-hybridized carbons (Fsp3) is 0.292. The molecule has 1 unspecified atom stereocenters. The van der Waals surface area contributed by atoms with Crippen molar-refractivity contribution < 1.29 is 4.79 Å². The van der Waals surface area contributed by atoms with E-state index in [2.05, 4.69) is 0 Å². The molecular formula is C24H28N4O2. The minimum absolute atomic E-state index is 0.109. The lowest BCUT2D eigenvalue weighted by Gasteiger charge is -2.30. The summed E-state index contributed by atoms with van der Waals surface area (Å²) in [4.78, 5) is 34.4. The van der Waals surface area contributed by atoms with E-state index in [-0.39, 0.29) is 17.5 Å². The van der Waals surface area contributed by atoms with Crippen LogP contribution in [0.4, 0.5) is 0 Å². The van der Waals surface area contributed by atoms with Crippen LogP contribution in [0.3, 0.4) is 0 Å². The molecule has 1 amide bonds. The first-order valence-corrected chi connectivity index (χ1v) is 10.0. The van der Waals surface area contributed by atoms with E-state index in [1.54, 1.807) is 28.7 Å². The van der Waals surface area contributed by atoms with Crippen LogP contribution in [-0.2, 0) is 11.8 Å². The van der Waals surface area contributed by atoms with Gasteiger partial charge in [-0.1, -0.05) is 42.5 Å². The third kappa shape index (κ3) is 4.83. The molecule has 0 fully saturated rings. The van der Waals surface area contributed by atoms with Gasteiger partial charge in [0.2, 0.25) is 5.91 Å². The number of aromatic nitrogens is 2. The van der Waals surface area contributed by atoms with Gasteiger partial charge in [-0.3, -0.25) is 14.2 Å². The molecule has 0 saturated carbocycles. The highest BCUT2D eigenvalue weighted by atomic mass is 16.2. The summed E-state index contributed by atoms with van der Waals surface area (Å²) < 4.78 is 1.55. The second-order valence-corrected chi connectivity index (χ2v) is 7.61. The summed E-state index contributed by atoms with van der Waals surface area (Å²) in [5, 5.41) is 0.575. The molecule has 0 aliphatic heterocycles. The van der Waals surface area contributed by atoms with Crippen LogP contribution in [0, 0.1) is 0 Å². The number of para-hydroxylation sites is 1. The van der Waals surface area contributed by atoms with E-state index in [1.807, 2.05) is 80.5 Å². The lowest BCUT2D eigenvalue weighted by atomic mass is 10.2. The fourth-order valence-corrected chi connectivity index (χ4v) is 3.38. The second kappa shape index (κ2) is 9.50. The van der Waals surface area contributed by atoms with Gasteiger partial charge in [0.1, 0.15) is 5.82 Å². The van der Waals surface area contributed by atoms with Crippen molar-refractivity contribution in [3.05, 3.63) is 82.4 Å². The van der Waals surface area contributed by atoms with Gasteiger partial charge in [-0.2, -0.15) is 0 Å². The highest BCUT2D eigenvalue weighted by Gasteiger charge is 2.24. The van der Waals surface area contributed by atoms with Crippen LogP contribution in [0.2, 0.25) is 0 Å². The molecule has 0 bridgehead atoms. The van der Waals surface area contributed by atoms with E-state index in [9.17, 15) is 9.59 Å². The molecular weight excluding hydrogens is 376 g/mol. The third-order valence-electron chi connectivity index (χ3n) is 5.15. The van der Waals surface area contributed by atoms with E-state index in [0.29, 0.717) is 29.8 Å². The average Bonchev–Trinajstić information content (AvgIpc) is 2.75. The summed E-state index contributed by atoms with van der Waals surface area (Å²) >= 11 is 0. The van der Waals surface area contributed by atoms with Crippen molar-refractivity contribution in [1.29, 1.82) is 0 Å². The van der Waals surface area contributed by atoms with Gasteiger partial charge in [-0.15, -0.1) is 0 Å². The van der Waals surface area contributed by atoms with Crippen molar-refractivity contribution in [2.45, 2.75) is 13.0 Å². The molecule has 3 rings (SSSR count). The van der Waals surface area contributed by atoms with Crippen molar-refractivity contribution in [3.63, 3.8) is 0 Å². The maximum Gasteiger partial charge on any atom is 0.261 e. The van der Waals surface area contributed by atoms with E-state index >= 15 is 0 Å². The number of hydrogen-bond donors (Lipinski definition) is 0. The van der Waals surface area contributed by atoms with Gasteiger partial charge in [0.25, 0.3) is 5.56 Å². The summed E-state index contributed by atoms with van der Waals surface area (Å²) in [7, 11) is 5.65. The Balaban J connectivity index is 1.96. The molecule has 0 saturated heterocycles. The van der Waals surface area contributed by atoms with E-state index in [4.69, 9.17) is 4.98 Å². The Kier molecular flexibility index (Phi) is 6.79. The third-order valence-corrected chi connectivity index (χ3v) is 5.15. The SMILES string of the molecule is CC(c1nc2ccccc2c(=O)n1C)N(CCN(C)C)C(=O)/C=C/c1ccccc1. The summed E-state index contributed by atoms with van der Waals surface area (Å²) in [5.74, 6) is 0.453. The van der Waals surface area contributed by atoms with Gasteiger partial charge < -0.3 is 9.80 Å². The van der Waals surface area contributed by atoms with Crippen LogP contribution in [-0.4, -0.2) is 52.4 Å². The molecule has 0 spiro atoms.